The van der Waals surface area contributed by atoms with E-state index in [0.717, 1.165) is 6.42 Å². The van der Waals surface area contributed by atoms with Gasteiger partial charge in [0.15, 0.2) is 5.76 Å². The fourth-order valence-corrected chi connectivity index (χ4v) is 3.85. The van der Waals surface area contributed by atoms with Gasteiger partial charge in [-0.05, 0) is 51.0 Å². The third-order valence-corrected chi connectivity index (χ3v) is 5.38. The molecule has 0 radical (unpaired) electrons. The zero-order valence-electron chi connectivity index (χ0n) is 18.4. The van der Waals surface area contributed by atoms with Crippen LogP contribution in [0.3, 0.4) is 0 Å². The fourth-order valence-electron chi connectivity index (χ4n) is 3.85. The van der Waals surface area contributed by atoms with Crippen molar-refractivity contribution < 1.29 is 23.1 Å². The summed E-state index contributed by atoms with van der Waals surface area (Å²) in [5.41, 5.74) is 4.82. The molecular weight excluding hydrogens is 425 g/mol. The highest BCUT2D eigenvalue weighted by Crippen LogP contribution is 2.31. The van der Waals surface area contributed by atoms with Crippen LogP contribution in [0.1, 0.15) is 57.6 Å². The molecule has 7 nitrogen and oxygen atoms in total. The van der Waals surface area contributed by atoms with Gasteiger partial charge in [0, 0.05) is 17.5 Å². The smallest absolute Gasteiger partial charge is 0.291 e. The zero-order valence-corrected chi connectivity index (χ0v) is 18.4. The molecule has 0 aliphatic heterocycles. The molecule has 2 aromatic carbocycles. The number of hydrogen-bond acceptors (Lipinski definition) is 5. The van der Waals surface area contributed by atoms with E-state index in [0.29, 0.717) is 53.5 Å². The summed E-state index contributed by atoms with van der Waals surface area (Å²) < 4.78 is 25.4. The lowest BCUT2D eigenvalue weighted by Crippen LogP contribution is -2.23. The van der Waals surface area contributed by atoms with E-state index in [4.69, 9.17) is 9.15 Å². The number of furan rings is 1. The molecule has 33 heavy (non-hydrogen) atoms. The molecule has 0 bridgehead atoms. The highest BCUT2D eigenvalue weighted by Gasteiger charge is 2.28. The van der Waals surface area contributed by atoms with E-state index in [9.17, 15) is 14.0 Å². The molecule has 2 amide bonds. The van der Waals surface area contributed by atoms with Crippen molar-refractivity contribution in [2.75, 3.05) is 11.9 Å². The Balaban J connectivity index is 1.58. The summed E-state index contributed by atoms with van der Waals surface area (Å²) in [7, 11) is 0. The van der Waals surface area contributed by atoms with Crippen LogP contribution >= 0.6 is 0 Å². The van der Waals surface area contributed by atoms with Crippen LogP contribution in [0.5, 0.6) is 5.75 Å². The van der Waals surface area contributed by atoms with Crippen LogP contribution in [0.4, 0.5) is 10.1 Å². The maximum Gasteiger partial charge on any atom is 0.291 e. The van der Waals surface area contributed by atoms with Crippen LogP contribution < -0.4 is 15.5 Å². The molecule has 1 aliphatic carbocycles. The molecule has 3 aromatic rings. The van der Waals surface area contributed by atoms with Gasteiger partial charge in [-0.25, -0.2) is 9.82 Å². The average molecular weight is 449 g/mol. The molecule has 0 unspecified atom stereocenters. The summed E-state index contributed by atoms with van der Waals surface area (Å²) in [4.78, 5) is 25.3. The second-order valence-corrected chi connectivity index (χ2v) is 7.57. The summed E-state index contributed by atoms with van der Waals surface area (Å²) in [6.45, 7) is 4.12. The van der Waals surface area contributed by atoms with Crippen molar-refractivity contribution in [1.29, 1.82) is 0 Å². The molecule has 0 fully saturated rings. The van der Waals surface area contributed by atoms with Gasteiger partial charge in [0.05, 0.1) is 23.6 Å². The number of para-hydroxylation sites is 2. The number of nitrogens with one attached hydrogen (secondary N) is 2. The van der Waals surface area contributed by atoms with Crippen LogP contribution in [0.25, 0.3) is 0 Å². The fraction of sp³-hybridized carbons (Fsp3) is 0.240. The van der Waals surface area contributed by atoms with E-state index in [1.165, 1.54) is 18.2 Å². The van der Waals surface area contributed by atoms with Crippen molar-refractivity contribution in [1.82, 2.24) is 5.43 Å². The van der Waals surface area contributed by atoms with Crippen LogP contribution in [0.15, 0.2) is 58.0 Å². The quantitative estimate of drug-likeness (QED) is 0.526. The summed E-state index contributed by atoms with van der Waals surface area (Å²) in [6.07, 6.45) is 2.00. The zero-order chi connectivity index (χ0) is 23.4. The van der Waals surface area contributed by atoms with E-state index >= 15 is 0 Å². The number of fused-ring (bicyclic) bond motifs is 1. The maximum absolute atomic E-state index is 13.9. The topological polar surface area (TPSA) is 92.9 Å². The Morgan fingerprint density at radius 1 is 1.09 bits per heavy atom. The first-order valence-corrected chi connectivity index (χ1v) is 10.8. The second-order valence-electron chi connectivity index (χ2n) is 7.57. The van der Waals surface area contributed by atoms with Gasteiger partial charge in [-0.3, -0.25) is 9.59 Å². The van der Waals surface area contributed by atoms with E-state index < -0.39 is 17.6 Å². The number of carbonyl (C=O) groups is 2. The SMILES string of the molecule is CCOc1ccccc1NC(=O)c1oc2c(c1C)/C(=N/NC(=O)c1ccccc1F)CCC2. The highest BCUT2D eigenvalue weighted by atomic mass is 19.1. The monoisotopic (exact) mass is 449 g/mol. The summed E-state index contributed by atoms with van der Waals surface area (Å²) in [5.74, 6) is -0.267. The van der Waals surface area contributed by atoms with Gasteiger partial charge >= 0.3 is 0 Å². The van der Waals surface area contributed by atoms with Gasteiger partial charge in [-0.1, -0.05) is 24.3 Å². The molecule has 1 aliphatic rings. The van der Waals surface area contributed by atoms with Gasteiger partial charge < -0.3 is 14.5 Å². The highest BCUT2D eigenvalue weighted by molar-refractivity contribution is 6.10. The molecular formula is C25H24FN3O4. The number of amides is 2. The van der Waals surface area contributed by atoms with E-state index in [1.807, 2.05) is 13.0 Å². The van der Waals surface area contributed by atoms with Crippen LogP contribution in [0.2, 0.25) is 0 Å². The third-order valence-electron chi connectivity index (χ3n) is 5.38. The minimum atomic E-state index is -0.639. The molecule has 2 N–H and O–H groups in total. The summed E-state index contributed by atoms with van der Waals surface area (Å²) in [6, 6.07) is 12.9. The Labute approximate surface area is 190 Å². The van der Waals surface area contributed by atoms with E-state index in [-0.39, 0.29) is 11.3 Å². The van der Waals surface area contributed by atoms with Gasteiger partial charge in [0.25, 0.3) is 11.8 Å². The first kappa shape index (κ1) is 22.3. The largest absolute Gasteiger partial charge is 0.492 e. The van der Waals surface area contributed by atoms with Crippen molar-refractivity contribution in [2.45, 2.75) is 33.1 Å². The number of benzene rings is 2. The third kappa shape index (κ3) is 4.64. The number of halogens is 1. The van der Waals surface area contributed by atoms with Crippen LogP contribution in [-0.4, -0.2) is 24.1 Å². The minimum Gasteiger partial charge on any atom is -0.492 e. The maximum atomic E-state index is 13.9. The van der Waals surface area contributed by atoms with Crippen molar-refractivity contribution in [3.8, 4) is 5.75 Å². The normalized spacial score (nSPS) is 14.0. The Kier molecular flexibility index (Phi) is 6.53. The first-order chi connectivity index (χ1) is 16.0. The predicted octanol–water partition coefficient (Wildman–Crippen LogP) is 4.85. The van der Waals surface area contributed by atoms with E-state index in [2.05, 4.69) is 15.8 Å². The Hall–Kier alpha value is -3.94. The van der Waals surface area contributed by atoms with Gasteiger partial charge in [0.2, 0.25) is 0 Å². The molecule has 1 heterocycles. The number of nitrogens with zero attached hydrogens (tertiary/aromatic N) is 1. The van der Waals surface area contributed by atoms with Crippen LogP contribution in [-0.2, 0) is 6.42 Å². The molecule has 170 valence electrons. The minimum absolute atomic E-state index is 0.0881. The lowest BCUT2D eigenvalue weighted by molar-refractivity contribution is 0.0949. The Bertz CT molecular complexity index is 1230. The number of hydrazone groups is 1. The van der Waals surface area contributed by atoms with Crippen molar-refractivity contribution in [3.63, 3.8) is 0 Å². The molecule has 0 saturated heterocycles. The number of anilines is 1. The predicted molar refractivity (Wildman–Crippen MR) is 122 cm³/mol. The number of ether oxygens (including phenoxy) is 1. The summed E-state index contributed by atoms with van der Waals surface area (Å²) >= 11 is 0. The lowest BCUT2D eigenvalue weighted by atomic mass is 9.93. The van der Waals surface area contributed by atoms with Gasteiger partial charge in [-0.15, -0.1) is 0 Å². The average Bonchev–Trinajstić information content (AvgIpc) is 3.16. The molecule has 4 rings (SSSR count). The first-order valence-electron chi connectivity index (χ1n) is 10.8. The molecule has 0 saturated carbocycles. The van der Waals surface area contributed by atoms with Gasteiger partial charge in [-0.2, -0.15) is 5.10 Å². The number of rotatable bonds is 6. The molecule has 8 heteroatoms. The van der Waals surface area contributed by atoms with Crippen LogP contribution in [0, 0.1) is 12.7 Å². The Morgan fingerprint density at radius 2 is 1.85 bits per heavy atom. The number of carbonyl (C=O) groups excluding carboxylic acids is 2. The molecule has 1 aromatic heterocycles. The molecule has 0 spiro atoms. The summed E-state index contributed by atoms with van der Waals surface area (Å²) in [5, 5.41) is 7.08. The van der Waals surface area contributed by atoms with E-state index in [1.54, 1.807) is 31.2 Å². The second kappa shape index (κ2) is 9.68. The lowest BCUT2D eigenvalue weighted by Gasteiger charge is -2.13. The Morgan fingerprint density at radius 3 is 2.64 bits per heavy atom. The van der Waals surface area contributed by atoms with Gasteiger partial charge in [0.1, 0.15) is 17.3 Å². The van der Waals surface area contributed by atoms with Crippen molar-refractivity contribution in [2.24, 2.45) is 5.10 Å². The number of hydrogen-bond donors (Lipinski definition) is 2. The van der Waals surface area contributed by atoms with Crippen molar-refractivity contribution in [3.05, 3.63) is 82.6 Å². The molecule has 0 atom stereocenters. The number of aryl methyl sites for hydroxylation is 1. The van der Waals surface area contributed by atoms with Crippen molar-refractivity contribution >= 4 is 23.2 Å². The standard InChI is InChI=1S/C25H24FN3O4/c1-3-32-20-13-7-6-11-18(20)27-25(31)23-15(2)22-19(12-8-14-21(22)33-23)28-29-24(30)16-9-4-5-10-17(16)26/h4-7,9-11,13H,3,8,12,14H2,1-2H3,(H,27,31)(H,29,30)/b28-19+.